The van der Waals surface area contributed by atoms with Gasteiger partial charge in [0.05, 0.1) is 18.9 Å². The first kappa shape index (κ1) is 18.6. The highest BCUT2D eigenvalue weighted by Gasteiger charge is 2.38. The number of hydrogen-bond donors (Lipinski definition) is 0. The fraction of sp³-hybridized carbons (Fsp3) is 0.450. The third kappa shape index (κ3) is 3.52. The van der Waals surface area contributed by atoms with Gasteiger partial charge < -0.3 is 14.5 Å². The number of carbonyl (C=O) groups excluding carboxylic acids is 2. The molecule has 148 valence electrons. The van der Waals surface area contributed by atoms with E-state index in [1.54, 1.807) is 39.7 Å². The van der Waals surface area contributed by atoms with Gasteiger partial charge in [-0.25, -0.2) is 4.39 Å². The fourth-order valence-corrected chi connectivity index (χ4v) is 3.87. The van der Waals surface area contributed by atoms with Gasteiger partial charge in [-0.15, -0.1) is 0 Å². The highest BCUT2D eigenvalue weighted by Crippen LogP contribution is 2.25. The van der Waals surface area contributed by atoms with E-state index >= 15 is 0 Å². The molecule has 0 bridgehead atoms. The predicted molar refractivity (Wildman–Crippen MR) is 100 cm³/mol. The molecule has 1 aromatic carbocycles. The van der Waals surface area contributed by atoms with E-state index in [0.717, 1.165) is 17.7 Å². The summed E-state index contributed by atoms with van der Waals surface area (Å²) >= 11 is 0. The van der Waals surface area contributed by atoms with E-state index in [9.17, 15) is 14.0 Å². The van der Waals surface area contributed by atoms with Crippen LogP contribution in [0.25, 0.3) is 11.3 Å². The van der Waals surface area contributed by atoms with Crippen molar-refractivity contribution in [2.45, 2.75) is 18.9 Å². The first-order chi connectivity index (χ1) is 13.5. The molecule has 2 saturated heterocycles. The van der Waals surface area contributed by atoms with Crippen LogP contribution in [0.15, 0.2) is 30.3 Å². The van der Waals surface area contributed by atoms with Crippen molar-refractivity contribution in [3.05, 3.63) is 41.8 Å². The molecule has 0 N–H and O–H groups in total. The molecule has 28 heavy (non-hydrogen) atoms. The van der Waals surface area contributed by atoms with Crippen LogP contribution >= 0.6 is 0 Å². The molecule has 2 amide bonds. The smallest absolute Gasteiger partial charge is 0.275 e. The molecule has 0 unspecified atom stereocenters. The number of rotatable bonds is 3. The van der Waals surface area contributed by atoms with Crippen molar-refractivity contribution in [3.63, 3.8) is 0 Å². The summed E-state index contributed by atoms with van der Waals surface area (Å²) in [5.41, 5.74) is 1.79. The molecule has 0 radical (unpaired) electrons. The van der Waals surface area contributed by atoms with Crippen LogP contribution in [-0.2, 0) is 16.6 Å². The van der Waals surface area contributed by atoms with E-state index in [1.165, 1.54) is 12.1 Å². The molecule has 2 aliphatic rings. The van der Waals surface area contributed by atoms with E-state index in [1.807, 2.05) is 0 Å². The molecular formula is C20H23FN4O3. The third-order valence-electron chi connectivity index (χ3n) is 5.36. The maximum atomic E-state index is 13.2. The monoisotopic (exact) mass is 386 g/mol. The van der Waals surface area contributed by atoms with E-state index in [0.29, 0.717) is 45.0 Å². The second kappa shape index (κ2) is 7.71. The van der Waals surface area contributed by atoms with Crippen LogP contribution in [-0.4, -0.2) is 70.3 Å². The normalized spacial score (nSPS) is 19.9. The second-order valence-electron chi connectivity index (χ2n) is 7.14. The topological polar surface area (TPSA) is 67.7 Å². The zero-order valence-corrected chi connectivity index (χ0v) is 15.8. The molecule has 7 nitrogen and oxygen atoms in total. The predicted octanol–water partition coefficient (Wildman–Crippen LogP) is 1.69. The van der Waals surface area contributed by atoms with Gasteiger partial charge in [-0.2, -0.15) is 5.10 Å². The van der Waals surface area contributed by atoms with Crippen molar-refractivity contribution in [2.75, 3.05) is 32.8 Å². The maximum Gasteiger partial charge on any atom is 0.275 e. The summed E-state index contributed by atoms with van der Waals surface area (Å²) in [5.74, 6) is -0.569. The molecule has 0 aliphatic carbocycles. The van der Waals surface area contributed by atoms with Gasteiger partial charge in [0.15, 0.2) is 5.69 Å². The average molecular weight is 386 g/mol. The number of carbonyl (C=O) groups is 2. The van der Waals surface area contributed by atoms with Gasteiger partial charge >= 0.3 is 0 Å². The van der Waals surface area contributed by atoms with Crippen molar-refractivity contribution in [1.29, 1.82) is 0 Å². The second-order valence-corrected chi connectivity index (χ2v) is 7.14. The molecule has 3 heterocycles. The van der Waals surface area contributed by atoms with Gasteiger partial charge in [-0.3, -0.25) is 14.3 Å². The lowest BCUT2D eigenvalue weighted by atomic mass is 10.1. The number of ether oxygens (including phenoxy) is 1. The lowest BCUT2D eigenvalue weighted by molar-refractivity contribution is -0.139. The molecular weight excluding hydrogens is 363 g/mol. The van der Waals surface area contributed by atoms with Crippen LogP contribution in [0.3, 0.4) is 0 Å². The third-order valence-corrected chi connectivity index (χ3v) is 5.36. The van der Waals surface area contributed by atoms with Crippen molar-refractivity contribution in [1.82, 2.24) is 19.6 Å². The quantitative estimate of drug-likeness (QED) is 0.805. The maximum absolute atomic E-state index is 13.2. The van der Waals surface area contributed by atoms with Crippen LogP contribution in [0, 0.1) is 5.82 Å². The summed E-state index contributed by atoms with van der Waals surface area (Å²) < 4.78 is 20.1. The Kier molecular flexibility index (Phi) is 5.13. The molecule has 2 aliphatic heterocycles. The zero-order valence-electron chi connectivity index (χ0n) is 15.8. The molecule has 2 fully saturated rings. The SMILES string of the molecule is Cn1nc(C(=O)N2CCC[C@H]2C(=O)N2CCOCC2)cc1-c1ccc(F)cc1. The van der Waals surface area contributed by atoms with Crippen LogP contribution < -0.4 is 0 Å². The van der Waals surface area contributed by atoms with Gasteiger partial charge in [0, 0.05) is 26.7 Å². The molecule has 4 rings (SSSR count). The fourth-order valence-electron chi connectivity index (χ4n) is 3.87. The number of hydrogen-bond acceptors (Lipinski definition) is 4. The van der Waals surface area contributed by atoms with Gasteiger partial charge in [0.2, 0.25) is 5.91 Å². The Morgan fingerprint density at radius 1 is 1.14 bits per heavy atom. The van der Waals surface area contributed by atoms with Crippen molar-refractivity contribution < 1.29 is 18.7 Å². The van der Waals surface area contributed by atoms with Gasteiger partial charge in [0.1, 0.15) is 11.9 Å². The molecule has 0 spiro atoms. The van der Waals surface area contributed by atoms with Crippen molar-refractivity contribution in [2.24, 2.45) is 7.05 Å². The Hall–Kier alpha value is -2.74. The lowest BCUT2D eigenvalue weighted by Gasteiger charge is -2.32. The Morgan fingerprint density at radius 2 is 1.86 bits per heavy atom. The molecule has 0 saturated carbocycles. The van der Waals surface area contributed by atoms with E-state index < -0.39 is 6.04 Å². The van der Waals surface area contributed by atoms with Gasteiger partial charge in [-0.1, -0.05) is 0 Å². The first-order valence-corrected chi connectivity index (χ1v) is 9.52. The Labute approximate surface area is 162 Å². The number of morpholine rings is 1. The van der Waals surface area contributed by atoms with Crippen LogP contribution in [0.1, 0.15) is 23.3 Å². The summed E-state index contributed by atoms with van der Waals surface area (Å²) in [7, 11) is 1.75. The first-order valence-electron chi connectivity index (χ1n) is 9.52. The number of aromatic nitrogens is 2. The Morgan fingerprint density at radius 3 is 2.57 bits per heavy atom. The van der Waals surface area contributed by atoms with Crippen molar-refractivity contribution in [3.8, 4) is 11.3 Å². The number of aryl methyl sites for hydroxylation is 1. The molecule has 1 aromatic heterocycles. The van der Waals surface area contributed by atoms with E-state index in [4.69, 9.17) is 4.74 Å². The largest absolute Gasteiger partial charge is 0.378 e. The minimum Gasteiger partial charge on any atom is -0.378 e. The Bertz CT molecular complexity index is 874. The highest BCUT2D eigenvalue weighted by atomic mass is 19.1. The summed E-state index contributed by atoms with van der Waals surface area (Å²) in [6, 6.07) is 7.32. The van der Waals surface area contributed by atoms with Crippen LogP contribution in [0.4, 0.5) is 4.39 Å². The number of nitrogens with zero attached hydrogens (tertiary/aromatic N) is 4. The molecule has 2 aromatic rings. The van der Waals surface area contributed by atoms with Gasteiger partial charge in [0.25, 0.3) is 5.91 Å². The van der Waals surface area contributed by atoms with Crippen LogP contribution in [0.2, 0.25) is 0 Å². The van der Waals surface area contributed by atoms with E-state index in [-0.39, 0.29) is 17.6 Å². The van der Waals surface area contributed by atoms with Gasteiger partial charge in [-0.05, 0) is 48.7 Å². The highest BCUT2D eigenvalue weighted by molar-refractivity contribution is 5.97. The average Bonchev–Trinajstić information content (AvgIpc) is 3.35. The lowest BCUT2D eigenvalue weighted by Crippen LogP contribution is -2.51. The minimum atomic E-state index is -0.443. The summed E-state index contributed by atoms with van der Waals surface area (Å²) in [4.78, 5) is 29.4. The number of halogens is 1. The van der Waals surface area contributed by atoms with Crippen LogP contribution in [0.5, 0.6) is 0 Å². The zero-order chi connectivity index (χ0) is 19.7. The number of amides is 2. The summed E-state index contributed by atoms with van der Waals surface area (Å²) in [6.07, 6.45) is 1.46. The number of benzene rings is 1. The minimum absolute atomic E-state index is 0.0103. The molecule has 8 heteroatoms. The van der Waals surface area contributed by atoms with Crippen molar-refractivity contribution >= 4 is 11.8 Å². The number of likely N-dealkylation sites (tertiary alicyclic amines) is 1. The van der Waals surface area contributed by atoms with E-state index in [2.05, 4.69) is 5.10 Å². The standard InChI is InChI=1S/C20H23FN4O3/c1-23-18(14-4-6-15(21)7-5-14)13-16(22-23)19(26)25-8-2-3-17(25)20(27)24-9-11-28-12-10-24/h4-7,13,17H,2-3,8-12H2,1H3/t17-/m0/s1. The molecule has 1 atom stereocenters. The summed E-state index contributed by atoms with van der Waals surface area (Å²) in [5, 5.41) is 4.35. The Balaban J connectivity index is 1.54. The summed E-state index contributed by atoms with van der Waals surface area (Å²) in [6.45, 7) is 2.74.